The SMILES string of the molecule is NNC(=O)c1cc2ccccc2[nH]c1=O. The first-order chi connectivity index (χ1) is 7.22. The highest BCUT2D eigenvalue weighted by atomic mass is 16.2. The standard InChI is InChI=1S/C10H9N3O2/c11-13-10(15)7-5-6-3-1-2-4-8(6)12-9(7)14/h1-5H,11H2,(H,12,14)(H,13,15). The van der Waals surface area contributed by atoms with Gasteiger partial charge in [0.15, 0.2) is 0 Å². The van der Waals surface area contributed by atoms with E-state index < -0.39 is 11.5 Å². The second kappa shape index (κ2) is 3.55. The molecule has 1 amide bonds. The van der Waals surface area contributed by atoms with E-state index in [2.05, 4.69) is 4.98 Å². The molecule has 0 saturated carbocycles. The molecule has 0 fully saturated rings. The highest BCUT2D eigenvalue weighted by Gasteiger charge is 2.09. The Morgan fingerprint density at radius 2 is 2.07 bits per heavy atom. The molecule has 1 aromatic heterocycles. The van der Waals surface area contributed by atoms with Gasteiger partial charge in [-0.3, -0.25) is 15.0 Å². The van der Waals surface area contributed by atoms with Crippen molar-refractivity contribution in [1.82, 2.24) is 10.4 Å². The fraction of sp³-hybridized carbons (Fsp3) is 0. The van der Waals surface area contributed by atoms with Crippen molar-refractivity contribution >= 4 is 16.8 Å². The number of hydrazine groups is 1. The van der Waals surface area contributed by atoms with Gasteiger partial charge in [-0.2, -0.15) is 0 Å². The minimum absolute atomic E-state index is 0.0104. The quantitative estimate of drug-likeness (QED) is 0.349. The molecule has 0 radical (unpaired) electrons. The van der Waals surface area contributed by atoms with Gasteiger partial charge >= 0.3 is 0 Å². The Bertz CT molecular complexity index is 574. The molecule has 0 atom stereocenters. The van der Waals surface area contributed by atoms with E-state index in [4.69, 9.17) is 5.84 Å². The summed E-state index contributed by atoms with van der Waals surface area (Å²) in [6.07, 6.45) is 0. The summed E-state index contributed by atoms with van der Waals surface area (Å²) in [6, 6.07) is 8.71. The van der Waals surface area contributed by atoms with E-state index in [-0.39, 0.29) is 5.56 Å². The second-order valence-electron chi connectivity index (χ2n) is 3.07. The molecule has 1 aromatic carbocycles. The lowest BCUT2D eigenvalue weighted by molar-refractivity contribution is 0.0952. The first kappa shape index (κ1) is 9.42. The molecule has 0 unspecified atom stereocenters. The van der Waals surface area contributed by atoms with Crippen LogP contribution in [0.3, 0.4) is 0 Å². The predicted molar refractivity (Wildman–Crippen MR) is 56.2 cm³/mol. The molecule has 5 heteroatoms. The van der Waals surface area contributed by atoms with Crippen molar-refractivity contribution in [3.05, 3.63) is 46.2 Å². The Hall–Kier alpha value is -2.14. The number of carbonyl (C=O) groups excluding carboxylic acids is 1. The number of amides is 1. The number of pyridine rings is 1. The van der Waals surface area contributed by atoms with E-state index in [9.17, 15) is 9.59 Å². The van der Waals surface area contributed by atoms with Crippen molar-refractivity contribution in [2.45, 2.75) is 0 Å². The summed E-state index contributed by atoms with van der Waals surface area (Å²) in [7, 11) is 0. The van der Waals surface area contributed by atoms with E-state index in [1.165, 1.54) is 6.07 Å². The van der Waals surface area contributed by atoms with Crippen LogP contribution >= 0.6 is 0 Å². The van der Waals surface area contributed by atoms with E-state index >= 15 is 0 Å². The zero-order chi connectivity index (χ0) is 10.8. The van der Waals surface area contributed by atoms with Crippen LogP contribution in [-0.2, 0) is 0 Å². The van der Waals surface area contributed by atoms with Crippen molar-refractivity contribution in [2.24, 2.45) is 5.84 Å². The fourth-order valence-corrected chi connectivity index (χ4v) is 1.39. The van der Waals surface area contributed by atoms with E-state index in [0.717, 1.165) is 5.39 Å². The lowest BCUT2D eigenvalue weighted by Crippen LogP contribution is -2.34. The van der Waals surface area contributed by atoms with Crippen LogP contribution in [0.15, 0.2) is 35.1 Å². The van der Waals surface area contributed by atoms with E-state index in [0.29, 0.717) is 5.52 Å². The van der Waals surface area contributed by atoms with Gasteiger partial charge in [0.05, 0.1) is 0 Å². The van der Waals surface area contributed by atoms with Crippen LogP contribution in [0.2, 0.25) is 0 Å². The molecule has 0 spiro atoms. The Balaban J connectivity index is 2.73. The number of rotatable bonds is 1. The van der Waals surface area contributed by atoms with Gasteiger partial charge in [0.1, 0.15) is 5.56 Å². The van der Waals surface area contributed by atoms with Crippen LogP contribution in [0.4, 0.5) is 0 Å². The van der Waals surface area contributed by atoms with Gasteiger partial charge in [0.25, 0.3) is 11.5 Å². The normalized spacial score (nSPS) is 10.2. The molecular formula is C10H9N3O2. The molecule has 0 bridgehead atoms. The average molecular weight is 203 g/mol. The number of benzene rings is 1. The summed E-state index contributed by atoms with van der Waals surface area (Å²) in [6.45, 7) is 0. The summed E-state index contributed by atoms with van der Waals surface area (Å²) in [5.41, 5.74) is 2.18. The number of nitrogens with one attached hydrogen (secondary N) is 2. The van der Waals surface area contributed by atoms with Gasteiger partial charge in [-0.15, -0.1) is 0 Å². The van der Waals surface area contributed by atoms with Crippen LogP contribution in [-0.4, -0.2) is 10.9 Å². The molecule has 1 heterocycles. The topological polar surface area (TPSA) is 88.0 Å². The van der Waals surface area contributed by atoms with Crippen LogP contribution in [0.5, 0.6) is 0 Å². The number of nitrogen functional groups attached to an aromatic ring is 1. The van der Waals surface area contributed by atoms with Gasteiger partial charge in [0.2, 0.25) is 0 Å². The van der Waals surface area contributed by atoms with Gasteiger partial charge in [-0.1, -0.05) is 18.2 Å². The molecule has 0 aliphatic carbocycles. The first-order valence-electron chi connectivity index (χ1n) is 4.35. The van der Waals surface area contributed by atoms with Crippen molar-refractivity contribution in [3.63, 3.8) is 0 Å². The van der Waals surface area contributed by atoms with Gasteiger partial charge < -0.3 is 4.98 Å². The molecule has 15 heavy (non-hydrogen) atoms. The van der Waals surface area contributed by atoms with Crippen LogP contribution in [0.25, 0.3) is 10.9 Å². The Morgan fingerprint density at radius 3 is 2.80 bits per heavy atom. The van der Waals surface area contributed by atoms with Gasteiger partial charge in [-0.05, 0) is 17.5 Å². The molecule has 0 aliphatic heterocycles. The number of fused-ring (bicyclic) bond motifs is 1. The van der Waals surface area contributed by atoms with E-state index in [1.54, 1.807) is 18.2 Å². The molecular weight excluding hydrogens is 194 g/mol. The van der Waals surface area contributed by atoms with Crippen LogP contribution < -0.4 is 16.8 Å². The molecule has 0 aliphatic rings. The number of aromatic nitrogens is 1. The second-order valence-corrected chi connectivity index (χ2v) is 3.07. The lowest BCUT2D eigenvalue weighted by Gasteiger charge is -2.01. The average Bonchev–Trinajstić information content (AvgIpc) is 2.27. The smallest absolute Gasteiger partial charge is 0.270 e. The number of hydrogen-bond acceptors (Lipinski definition) is 3. The Morgan fingerprint density at radius 1 is 1.33 bits per heavy atom. The molecule has 2 aromatic rings. The summed E-state index contributed by atoms with van der Waals surface area (Å²) in [5.74, 6) is 4.37. The number of para-hydroxylation sites is 1. The zero-order valence-corrected chi connectivity index (χ0v) is 7.78. The first-order valence-corrected chi connectivity index (χ1v) is 4.35. The summed E-state index contributed by atoms with van der Waals surface area (Å²) < 4.78 is 0. The molecule has 4 N–H and O–H groups in total. The highest BCUT2D eigenvalue weighted by Crippen LogP contribution is 2.09. The third kappa shape index (κ3) is 1.60. The van der Waals surface area contributed by atoms with Crippen molar-refractivity contribution < 1.29 is 4.79 Å². The van der Waals surface area contributed by atoms with Gasteiger partial charge in [-0.25, -0.2) is 5.84 Å². The third-order valence-electron chi connectivity index (χ3n) is 2.13. The monoisotopic (exact) mass is 203 g/mol. The van der Waals surface area contributed by atoms with Crippen molar-refractivity contribution in [2.75, 3.05) is 0 Å². The summed E-state index contributed by atoms with van der Waals surface area (Å²) in [4.78, 5) is 25.3. The predicted octanol–water partition coefficient (Wildman–Crippen LogP) is 0.132. The molecule has 2 rings (SSSR count). The van der Waals surface area contributed by atoms with Crippen LogP contribution in [0, 0.1) is 0 Å². The number of aromatic amines is 1. The number of hydrogen-bond donors (Lipinski definition) is 3. The Labute approximate surface area is 84.9 Å². The maximum Gasteiger partial charge on any atom is 0.270 e. The number of nitrogens with two attached hydrogens (primary N) is 1. The van der Waals surface area contributed by atoms with Crippen molar-refractivity contribution in [1.29, 1.82) is 0 Å². The largest absolute Gasteiger partial charge is 0.321 e. The molecule has 0 saturated heterocycles. The number of carbonyl (C=O) groups is 1. The van der Waals surface area contributed by atoms with E-state index in [1.807, 2.05) is 11.5 Å². The summed E-state index contributed by atoms with van der Waals surface area (Å²) >= 11 is 0. The van der Waals surface area contributed by atoms with Crippen LogP contribution in [0.1, 0.15) is 10.4 Å². The minimum atomic E-state index is -0.595. The third-order valence-corrected chi connectivity index (χ3v) is 2.13. The maximum atomic E-state index is 11.5. The highest BCUT2D eigenvalue weighted by molar-refractivity contribution is 5.96. The molecule has 5 nitrogen and oxygen atoms in total. The fourth-order valence-electron chi connectivity index (χ4n) is 1.39. The van der Waals surface area contributed by atoms with Gasteiger partial charge in [0, 0.05) is 5.52 Å². The minimum Gasteiger partial charge on any atom is -0.321 e. The maximum absolute atomic E-state index is 11.5. The number of H-pyrrole nitrogens is 1. The van der Waals surface area contributed by atoms with Crippen molar-refractivity contribution in [3.8, 4) is 0 Å². The zero-order valence-electron chi connectivity index (χ0n) is 7.78. The molecule has 76 valence electrons. The lowest BCUT2D eigenvalue weighted by atomic mass is 10.1. The Kier molecular flexibility index (Phi) is 2.23. The summed E-state index contributed by atoms with van der Waals surface area (Å²) in [5, 5.41) is 0.788.